The minimum atomic E-state index is -0.424. The molecule has 2 aliphatic heterocycles. The van der Waals surface area contributed by atoms with E-state index in [1.807, 2.05) is 32.2 Å². The maximum atomic E-state index is 13.6. The summed E-state index contributed by atoms with van der Waals surface area (Å²) in [5.74, 6) is -0.0917. The topological polar surface area (TPSA) is 71.1 Å². The molecule has 0 saturated carbocycles. The van der Waals surface area contributed by atoms with Gasteiger partial charge in [-0.25, -0.2) is 9.18 Å². The summed E-state index contributed by atoms with van der Waals surface area (Å²) < 4.78 is 25.3. The highest BCUT2D eigenvalue weighted by molar-refractivity contribution is 7.10. The highest BCUT2D eigenvalue weighted by Crippen LogP contribution is 2.34. The van der Waals surface area contributed by atoms with E-state index in [9.17, 15) is 14.0 Å². The van der Waals surface area contributed by atoms with Crippen LogP contribution in [0.3, 0.4) is 0 Å². The number of ether oxygens (including phenoxy) is 2. The highest BCUT2D eigenvalue weighted by Gasteiger charge is 2.34. The highest BCUT2D eigenvalue weighted by atomic mass is 32.1. The minimum Gasteiger partial charge on any atom is -0.491 e. The molecule has 2 aromatic rings. The first-order chi connectivity index (χ1) is 16.7. The summed E-state index contributed by atoms with van der Waals surface area (Å²) in [6.07, 6.45) is 2.53. The molecule has 1 aromatic carbocycles. The number of carbonyl (C=O) groups excluding carboxylic acids is 2. The van der Waals surface area contributed by atoms with Crippen LogP contribution < -0.4 is 10.1 Å². The van der Waals surface area contributed by atoms with E-state index in [1.54, 1.807) is 33.3 Å². The van der Waals surface area contributed by atoms with Crippen molar-refractivity contribution in [1.29, 1.82) is 0 Å². The normalized spacial score (nSPS) is 19.8. The predicted molar refractivity (Wildman–Crippen MR) is 133 cm³/mol. The number of benzene rings is 1. The molecule has 35 heavy (non-hydrogen) atoms. The number of hydrogen-bond donors (Lipinski definition) is 1. The quantitative estimate of drug-likeness (QED) is 0.609. The van der Waals surface area contributed by atoms with Crippen LogP contribution in [0.25, 0.3) is 0 Å². The molecule has 0 radical (unpaired) electrons. The molecule has 4 rings (SSSR count). The summed E-state index contributed by atoms with van der Waals surface area (Å²) in [4.78, 5) is 31.3. The number of halogens is 1. The molecule has 0 aliphatic carbocycles. The lowest BCUT2D eigenvalue weighted by molar-refractivity contribution is -0.135. The monoisotopic (exact) mass is 503 g/mol. The van der Waals surface area contributed by atoms with E-state index in [2.05, 4.69) is 5.32 Å². The molecular formula is C26H34FN3O4S. The van der Waals surface area contributed by atoms with E-state index in [1.165, 1.54) is 17.0 Å². The van der Waals surface area contributed by atoms with Crippen LogP contribution in [0.2, 0.25) is 0 Å². The Hall–Kier alpha value is -2.65. The van der Waals surface area contributed by atoms with Gasteiger partial charge in [0.2, 0.25) is 5.91 Å². The van der Waals surface area contributed by atoms with Crippen LogP contribution in [-0.2, 0) is 16.0 Å². The van der Waals surface area contributed by atoms with Crippen LogP contribution in [0.1, 0.15) is 50.1 Å². The van der Waals surface area contributed by atoms with Gasteiger partial charge in [-0.3, -0.25) is 4.79 Å². The van der Waals surface area contributed by atoms with Crippen molar-refractivity contribution >= 4 is 23.3 Å². The smallest absolute Gasteiger partial charge is 0.318 e. The first-order valence-electron chi connectivity index (χ1n) is 12.1. The SMILES string of the molecule is CC(C)(C)NC(=O)N(CC(=O)N1CCc2sccc2[C@@H]1COc1cccc(F)c1)C[C@H]1CCCO1. The van der Waals surface area contributed by atoms with Crippen molar-refractivity contribution in [3.05, 3.63) is 52.0 Å². The zero-order valence-corrected chi connectivity index (χ0v) is 21.4. The van der Waals surface area contributed by atoms with E-state index in [0.717, 1.165) is 24.8 Å². The largest absolute Gasteiger partial charge is 0.491 e. The Morgan fingerprint density at radius 2 is 2.14 bits per heavy atom. The molecule has 1 fully saturated rings. The Morgan fingerprint density at radius 1 is 1.31 bits per heavy atom. The average Bonchev–Trinajstić information content (AvgIpc) is 3.47. The van der Waals surface area contributed by atoms with Gasteiger partial charge in [-0.15, -0.1) is 11.3 Å². The number of hydrogen-bond acceptors (Lipinski definition) is 5. The third-order valence-electron chi connectivity index (χ3n) is 6.16. The second kappa shape index (κ2) is 11.0. The van der Waals surface area contributed by atoms with Gasteiger partial charge in [-0.1, -0.05) is 6.07 Å². The molecule has 3 amide bonds. The van der Waals surface area contributed by atoms with Gasteiger partial charge in [0, 0.05) is 36.2 Å². The second-order valence-corrected chi connectivity index (χ2v) is 11.1. The van der Waals surface area contributed by atoms with Gasteiger partial charge < -0.3 is 24.6 Å². The standard InChI is InChI=1S/C26H34FN3O4S/c1-26(2,3)28-25(32)29(15-20-8-5-12-33-20)16-24(31)30-11-9-23-21(10-13-35-23)22(30)17-34-19-7-4-6-18(27)14-19/h4,6-7,10,13-14,20,22H,5,8-9,11-12,15-17H2,1-3H3,(H,28,32)/t20-,22+/m1/s1. The number of fused-ring (bicyclic) bond motifs is 1. The molecular weight excluding hydrogens is 469 g/mol. The first kappa shape index (κ1) is 25.4. The van der Waals surface area contributed by atoms with Crippen molar-refractivity contribution in [2.24, 2.45) is 0 Å². The molecule has 1 N–H and O–H groups in total. The van der Waals surface area contributed by atoms with E-state index < -0.39 is 5.54 Å². The molecule has 0 spiro atoms. The summed E-state index contributed by atoms with van der Waals surface area (Å²) in [5, 5.41) is 5.00. The predicted octanol–water partition coefficient (Wildman–Crippen LogP) is 4.38. The number of rotatable bonds is 7. The lowest BCUT2D eigenvalue weighted by atomic mass is 10.0. The van der Waals surface area contributed by atoms with Crippen LogP contribution in [-0.4, -0.2) is 66.2 Å². The van der Waals surface area contributed by atoms with Gasteiger partial charge >= 0.3 is 6.03 Å². The van der Waals surface area contributed by atoms with E-state index in [-0.39, 0.29) is 43.1 Å². The lowest BCUT2D eigenvalue weighted by Crippen LogP contribution is -2.54. The van der Waals surface area contributed by atoms with Crippen LogP contribution in [0, 0.1) is 5.82 Å². The summed E-state index contributed by atoms with van der Waals surface area (Å²) in [7, 11) is 0. The van der Waals surface area contributed by atoms with E-state index in [4.69, 9.17) is 9.47 Å². The first-order valence-corrected chi connectivity index (χ1v) is 13.0. The van der Waals surface area contributed by atoms with Crippen LogP contribution in [0.4, 0.5) is 9.18 Å². The van der Waals surface area contributed by atoms with Gasteiger partial charge in [0.25, 0.3) is 0 Å². The fourth-order valence-corrected chi connectivity index (χ4v) is 5.44. The Bertz CT molecular complexity index is 1030. The Labute approximate surface area is 210 Å². The van der Waals surface area contributed by atoms with Crippen LogP contribution in [0.5, 0.6) is 5.75 Å². The molecule has 9 heteroatoms. The second-order valence-electron chi connectivity index (χ2n) is 10.1. The van der Waals surface area contributed by atoms with Gasteiger partial charge in [0.15, 0.2) is 0 Å². The maximum absolute atomic E-state index is 13.6. The average molecular weight is 504 g/mol. The Balaban J connectivity index is 1.50. The molecule has 0 bridgehead atoms. The third-order valence-corrected chi connectivity index (χ3v) is 7.16. The number of urea groups is 1. The fraction of sp³-hybridized carbons (Fsp3) is 0.538. The summed E-state index contributed by atoms with van der Waals surface area (Å²) in [6, 6.07) is 7.44. The van der Waals surface area contributed by atoms with Gasteiger partial charge in [-0.05, 0) is 69.2 Å². The summed E-state index contributed by atoms with van der Waals surface area (Å²) in [5.41, 5.74) is 0.628. The van der Waals surface area contributed by atoms with Crippen molar-refractivity contribution < 1.29 is 23.5 Å². The van der Waals surface area contributed by atoms with Crippen molar-refractivity contribution in [3.63, 3.8) is 0 Å². The molecule has 3 heterocycles. The molecule has 0 unspecified atom stereocenters. The summed E-state index contributed by atoms with van der Waals surface area (Å²) in [6.45, 7) is 7.50. The van der Waals surface area contributed by atoms with Crippen molar-refractivity contribution in [3.8, 4) is 5.75 Å². The molecule has 1 aromatic heterocycles. The zero-order chi connectivity index (χ0) is 25.0. The summed E-state index contributed by atoms with van der Waals surface area (Å²) >= 11 is 1.67. The molecule has 2 aliphatic rings. The number of amides is 3. The number of nitrogens with zero attached hydrogens (tertiary/aromatic N) is 2. The lowest BCUT2D eigenvalue weighted by Gasteiger charge is -2.37. The molecule has 2 atom stereocenters. The van der Waals surface area contributed by atoms with Crippen molar-refractivity contribution in [1.82, 2.24) is 15.1 Å². The van der Waals surface area contributed by atoms with E-state index in [0.29, 0.717) is 25.4 Å². The van der Waals surface area contributed by atoms with Crippen molar-refractivity contribution in [2.75, 3.05) is 32.8 Å². The van der Waals surface area contributed by atoms with Gasteiger partial charge in [-0.2, -0.15) is 0 Å². The van der Waals surface area contributed by atoms with Crippen LogP contribution in [0.15, 0.2) is 35.7 Å². The van der Waals surface area contributed by atoms with Crippen molar-refractivity contribution in [2.45, 2.75) is 57.7 Å². The third kappa shape index (κ3) is 6.73. The Morgan fingerprint density at radius 3 is 2.86 bits per heavy atom. The van der Waals surface area contributed by atoms with Crippen LogP contribution >= 0.6 is 11.3 Å². The molecule has 190 valence electrons. The fourth-order valence-electron chi connectivity index (χ4n) is 4.51. The maximum Gasteiger partial charge on any atom is 0.318 e. The minimum absolute atomic E-state index is 0.0439. The number of carbonyl (C=O) groups is 2. The Kier molecular flexibility index (Phi) is 7.96. The van der Waals surface area contributed by atoms with E-state index >= 15 is 0 Å². The van der Waals surface area contributed by atoms with Gasteiger partial charge in [0.05, 0.1) is 12.1 Å². The molecule has 7 nitrogen and oxygen atoms in total. The number of thiophene rings is 1. The zero-order valence-electron chi connectivity index (χ0n) is 20.6. The molecule has 1 saturated heterocycles. The number of nitrogens with one attached hydrogen (secondary N) is 1. The van der Waals surface area contributed by atoms with Gasteiger partial charge in [0.1, 0.15) is 24.7 Å².